The fourth-order valence-corrected chi connectivity index (χ4v) is 4.68. The molecule has 1 fully saturated rings. The number of rotatable bonds is 7. The molecule has 0 spiro atoms. The molecule has 8 heteroatoms. The number of nitrogens with zero attached hydrogens (tertiary/aromatic N) is 3. The Kier molecular flexibility index (Phi) is 7.27. The molecule has 2 aromatic carbocycles. The molecule has 31 heavy (non-hydrogen) atoms. The van der Waals surface area contributed by atoms with Crippen molar-refractivity contribution in [1.82, 2.24) is 15.0 Å². The normalized spacial score (nSPS) is 15.2. The number of hydrogen-bond donors (Lipinski definition) is 1. The van der Waals surface area contributed by atoms with Crippen LogP contribution in [0, 0.1) is 5.92 Å². The number of para-hydroxylation sites is 1. The lowest BCUT2D eigenvalue weighted by atomic mass is 9.96. The lowest BCUT2D eigenvalue weighted by Gasteiger charge is -2.30. The highest BCUT2D eigenvalue weighted by atomic mass is 35.5. The third-order valence-electron chi connectivity index (χ3n) is 5.34. The summed E-state index contributed by atoms with van der Waals surface area (Å²) in [6.07, 6.45) is 1.61. The summed E-state index contributed by atoms with van der Waals surface area (Å²) < 4.78 is 5.42. The van der Waals surface area contributed by atoms with Gasteiger partial charge in [0.05, 0.1) is 17.3 Å². The minimum Gasteiger partial charge on any atom is -0.338 e. The second kappa shape index (κ2) is 10.3. The molecule has 1 aliphatic rings. The number of aromatic nitrogens is 2. The molecular weight excluding hydrogens is 432 g/mol. The van der Waals surface area contributed by atoms with Gasteiger partial charge in [0.15, 0.2) is 0 Å². The van der Waals surface area contributed by atoms with Gasteiger partial charge in [-0.3, -0.25) is 9.69 Å². The first-order valence-corrected chi connectivity index (χ1v) is 11.8. The van der Waals surface area contributed by atoms with E-state index in [1.807, 2.05) is 48.5 Å². The van der Waals surface area contributed by atoms with Gasteiger partial charge in [-0.1, -0.05) is 47.9 Å². The Hall–Kier alpha value is -2.35. The van der Waals surface area contributed by atoms with E-state index < -0.39 is 0 Å². The van der Waals surface area contributed by atoms with E-state index in [2.05, 4.69) is 27.3 Å². The summed E-state index contributed by atoms with van der Waals surface area (Å²) in [7, 11) is 0. The minimum atomic E-state index is 0.0114. The summed E-state index contributed by atoms with van der Waals surface area (Å²) in [4.78, 5) is 20.6. The summed E-state index contributed by atoms with van der Waals surface area (Å²) in [5.41, 5.74) is 1.66. The Morgan fingerprint density at radius 1 is 1.19 bits per heavy atom. The molecule has 4 rings (SSSR count). The van der Waals surface area contributed by atoms with E-state index in [0.717, 1.165) is 47.8 Å². The number of amides is 1. The van der Waals surface area contributed by atoms with Gasteiger partial charge in [0.1, 0.15) is 0 Å². The van der Waals surface area contributed by atoms with Crippen LogP contribution in [0.1, 0.15) is 25.7 Å². The zero-order chi connectivity index (χ0) is 21.6. The van der Waals surface area contributed by atoms with E-state index >= 15 is 0 Å². The van der Waals surface area contributed by atoms with Crippen LogP contribution < -0.4 is 5.32 Å². The van der Waals surface area contributed by atoms with Crippen LogP contribution in [-0.2, 0) is 11.3 Å². The SMILES string of the molecule is CCSc1ccccc1NC(=O)C1CCN(Cc2nc(-c3ccccc3Cl)no2)CC1. The molecule has 0 atom stereocenters. The van der Waals surface area contributed by atoms with Gasteiger partial charge >= 0.3 is 0 Å². The molecule has 2 heterocycles. The lowest BCUT2D eigenvalue weighted by Crippen LogP contribution is -2.37. The molecule has 3 aromatic rings. The van der Waals surface area contributed by atoms with Crippen molar-refractivity contribution in [3.63, 3.8) is 0 Å². The number of halogens is 1. The number of hydrogen-bond acceptors (Lipinski definition) is 6. The number of carbonyl (C=O) groups is 1. The molecule has 1 aromatic heterocycles. The number of anilines is 1. The van der Waals surface area contributed by atoms with Crippen LogP contribution in [0.3, 0.4) is 0 Å². The van der Waals surface area contributed by atoms with E-state index in [-0.39, 0.29) is 11.8 Å². The van der Waals surface area contributed by atoms with Crippen molar-refractivity contribution in [2.75, 3.05) is 24.2 Å². The van der Waals surface area contributed by atoms with Crippen LogP contribution in [0.25, 0.3) is 11.4 Å². The highest BCUT2D eigenvalue weighted by Crippen LogP contribution is 2.29. The fourth-order valence-electron chi connectivity index (χ4n) is 3.70. The zero-order valence-electron chi connectivity index (χ0n) is 17.4. The maximum atomic E-state index is 12.8. The third-order valence-corrected chi connectivity index (χ3v) is 6.63. The van der Waals surface area contributed by atoms with Gasteiger partial charge in [-0.15, -0.1) is 11.8 Å². The first-order valence-electron chi connectivity index (χ1n) is 10.5. The van der Waals surface area contributed by atoms with Crippen LogP contribution in [0.2, 0.25) is 5.02 Å². The maximum absolute atomic E-state index is 12.8. The van der Waals surface area contributed by atoms with E-state index in [1.165, 1.54) is 0 Å². The Morgan fingerprint density at radius 3 is 2.71 bits per heavy atom. The van der Waals surface area contributed by atoms with Crippen molar-refractivity contribution in [2.45, 2.75) is 31.2 Å². The number of nitrogens with one attached hydrogen (secondary N) is 1. The van der Waals surface area contributed by atoms with E-state index in [4.69, 9.17) is 16.1 Å². The summed E-state index contributed by atoms with van der Waals surface area (Å²) >= 11 is 7.96. The molecule has 1 saturated heterocycles. The molecule has 0 aliphatic carbocycles. The summed E-state index contributed by atoms with van der Waals surface area (Å²) in [5.74, 6) is 2.14. The maximum Gasteiger partial charge on any atom is 0.241 e. The van der Waals surface area contributed by atoms with Crippen molar-refractivity contribution in [1.29, 1.82) is 0 Å². The van der Waals surface area contributed by atoms with Gasteiger partial charge in [-0.25, -0.2) is 0 Å². The lowest BCUT2D eigenvalue weighted by molar-refractivity contribution is -0.121. The summed E-state index contributed by atoms with van der Waals surface area (Å²) in [6, 6.07) is 15.4. The van der Waals surface area contributed by atoms with Crippen molar-refractivity contribution in [2.24, 2.45) is 5.92 Å². The number of thioether (sulfide) groups is 1. The fraction of sp³-hybridized carbons (Fsp3) is 0.348. The largest absolute Gasteiger partial charge is 0.338 e. The summed E-state index contributed by atoms with van der Waals surface area (Å²) in [6.45, 7) is 4.31. The molecule has 162 valence electrons. The highest BCUT2D eigenvalue weighted by molar-refractivity contribution is 7.99. The standard InChI is InChI=1S/C23H25ClN4O2S/c1-2-31-20-10-6-5-9-19(20)25-23(29)16-11-13-28(14-12-16)15-21-26-22(27-30-21)17-7-3-4-8-18(17)24/h3-10,16H,2,11-15H2,1H3,(H,25,29). The topological polar surface area (TPSA) is 71.3 Å². The van der Waals surface area contributed by atoms with Crippen LogP contribution in [0.4, 0.5) is 5.69 Å². The second-order valence-electron chi connectivity index (χ2n) is 7.46. The van der Waals surface area contributed by atoms with Crippen LogP contribution in [0.15, 0.2) is 57.9 Å². The minimum absolute atomic E-state index is 0.0114. The molecule has 1 aliphatic heterocycles. The molecule has 6 nitrogen and oxygen atoms in total. The molecule has 1 N–H and O–H groups in total. The van der Waals surface area contributed by atoms with Crippen molar-refractivity contribution in [3.8, 4) is 11.4 Å². The third kappa shape index (κ3) is 5.47. The predicted molar refractivity (Wildman–Crippen MR) is 124 cm³/mol. The first kappa shape index (κ1) is 21.9. The van der Waals surface area contributed by atoms with E-state index in [0.29, 0.717) is 23.3 Å². The Labute approximate surface area is 191 Å². The Balaban J connectivity index is 1.30. The van der Waals surface area contributed by atoms with E-state index in [9.17, 15) is 4.79 Å². The quantitative estimate of drug-likeness (QED) is 0.483. The monoisotopic (exact) mass is 456 g/mol. The van der Waals surface area contributed by atoms with Gasteiger partial charge in [-0.2, -0.15) is 4.98 Å². The number of likely N-dealkylation sites (tertiary alicyclic amines) is 1. The molecule has 0 bridgehead atoms. The molecule has 0 saturated carbocycles. The first-order chi connectivity index (χ1) is 15.1. The van der Waals surface area contributed by atoms with Gasteiger partial charge in [-0.05, 0) is 55.9 Å². The van der Waals surface area contributed by atoms with Gasteiger partial charge in [0.25, 0.3) is 0 Å². The molecule has 0 radical (unpaired) electrons. The predicted octanol–water partition coefficient (Wildman–Crippen LogP) is 5.35. The van der Waals surface area contributed by atoms with Crippen molar-refractivity contribution >= 4 is 35.0 Å². The highest BCUT2D eigenvalue weighted by Gasteiger charge is 2.26. The van der Waals surface area contributed by atoms with E-state index in [1.54, 1.807) is 11.8 Å². The number of carbonyl (C=O) groups excluding carboxylic acids is 1. The Bertz CT molecular complexity index is 1030. The van der Waals surface area contributed by atoms with Crippen LogP contribution in [-0.4, -0.2) is 39.8 Å². The van der Waals surface area contributed by atoms with Gasteiger partial charge in [0.2, 0.25) is 17.6 Å². The van der Waals surface area contributed by atoms with Gasteiger partial charge < -0.3 is 9.84 Å². The van der Waals surface area contributed by atoms with Crippen molar-refractivity contribution in [3.05, 3.63) is 59.4 Å². The zero-order valence-corrected chi connectivity index (χ0v) is 19.0. The van der Waals surface area contributed by atoms with Crippen LogP contribution in [0.5, 0.6) is 0 Å². The summed E-state index contributed by atoms with van der Waals surface area (Å²) in [5, 5.41) is 7.79. The average molecular weight is 457 g/mol. The van der Waals surface area contributed by atoms with Crippen LogP contribution >= 0.6 is 23.4 Å². The molecular formula is C23H25ClN4O2S. The van der Waals surface area contributed by atoms with Crippen molar-refractivity contribution < 1.29 is 9.32 Å². The Morgan fingerprint density at radius 2 is 1.94 bits per heavy atom. The number of piperidine rings is 1. The number of benzene rings is 2. The molecule has 1 amide bonds. The average Bonchev–Trinajstić information content (AvgIpc) is 3.24. The van der Waals surface area contributed by atoms with Gasteiger partial charge in [0, 0.05) is 16.4 Å². The smallest absolute Gasteiger partial charge is 0.241 e. The second-order valence-corrected chi connectivity index (χ2v) is 9.17. The molecule has 0 unspecified atom stereocenters.